The predicted octanol–water partition coefficient (Wildman–Crippen LogP) is 6.18. The molecule has 0 saturated carbocycles. The van der Waals surface area contributed by atoms with E-state index in [4.69, 9.17) is 4.99 Å². The van der Waals surface area contributed by atoms with Crippen molar-refractivity contribution in [3.05, 3.63) is 82.4 Å². The quantitative estimate of drug-likeness (QED) is 0.463. The Morgan fingerprint density at radius 1 is 0.818 bits per heavy atom. The third-order valence-corrected chi connectivity index (χ3v) is 7.65. The summed E-state index contributed by atoms with van der Waals surface area (Å²) in [6, 6.07) is 19.0. The number of benzene rings is 3. The van der Waals surface area contributed by atoms with Gasteiger partial charge in [-0.05, 0) is 75.2 Å². The molecule has 0 spiro atoms. The Labute approximate surface area is 200 Å². The number of anilines is 1. The first-order chi connectivity index (χ1) is 15.9. The normalized spacial score (nSPS) is 15.5. The maximum absolute atomic E-state index is 13.3. The van der Waals surface area contributed by atoms with Gasteiger partial charge >= 0.3 is 0 Å². The zero-order valence-electron chi connectivity index (χ0n) is 19.7. The van der Waals surface area contributed by atoms with E-state index < -0.39 is 0 Å². The van der Waals surface area contributed by atoms with Gasteiger partial charge in [0.05, 0.1) is 5.69 Å². The zero-order valence-corrected chi connectivity index (χ0v) is 20.5. The van der Waals surface area contributed by atoms with E-state index in [0.717, 1.165) is 42.5 Å². The van der Waals surface area contributed by atoms with Gasteiger partial charge in [-0.3, -0.25) is 9.79 Å². The molecular formula is C28H29N3OS. The van der Waals surface area contributed by atoms with E-state index in [9.17, 15) is 4.79 Å². The van der Waals surface area contributed by atoms with Crippen molar-refractivity contribution in [1.82, 2.24) is 4.90 Å². The molecule has 2 heterocycles. The molecule has 5 heteroatoms. The van der Waals surface area contributed by atoms with Gasteiger partial charge in [-0.2, -0.15) is 0 Å². The Balaban J connectivity index is 1.34. The summed E-state index contributed by atoms with van der Waals surface area (Å²) in [5, 5.41) is 0. The number of amides is 1. The van der Waals surface area contributed by atoms with Crippen LogP contribution in [0.25, 0.3) is 0 Å². The number of fused-ring (bicyclic) bond motifs is 2. The molecule has 0 radical (unpaired) electrons. The monoisotopic (exact) mass is 455 g/mol. The lowest BCUT2D eigenvalue weighted by Gasteiger charge is -2.37. The molecule has 0 bridgehead atoms. The van der Waals surface area contributed by atoms with Gasteiger partial charge in [0.2, 0.25) is 0 Å². The fraction of sp³-hybridized carbons (Fsp3) is 0.286. The van der Waals surface area contributed by atoms with Gasteiger partial charge in [-0.25, -0.2) is 0 Å². The highest BCUT2D eigenvalue weighted by Gasteiger charge is 2.24. The number of hydrogen-bond acceptors (Lipinski definition) is 4. The summed E-state index contributed by atoms with van der Waals surface area (Å²) in [6.45, 7) is 11.6. The topological polar surface area (TPSA) is 35.9 Å². The summed E-state index contributed by atoms with van der Waals surface area (Å²) in [4.78, 5) is 24.9. The smallest absolute Gasteiger partial charge is 0.254 e. The van der Waals surface area contributed by atoms with Gasteiger partial charge in [0.1, 0.15) is 0 Å². The van der Waals surface area contributed by atoms with Crippen LogP contribution in [0.2, 0.25) is 0 Å². The molecule has 2 aliphatic rings. The van der Waals surface area contributed by atoms with E-state index in [0.29, 0.717) is 5.56 Å². The molecule has 1 saturated heterocycles. The molecule has 1 amide bonds. The van der Waals surface area contributed by atoms with Crippen molar-refractivity contribution < 1.29 is 4.79 Å². The maximum atomic E-state index is 13.3. The second-order valence-corrected chi connectivity index (χ2v) is 10.1. The molecule has 33 heavy (non-hydrogen) atoms. The third-order valence-electron chi connectivity index (χ3n) is 6.51. The molecule has 4 nitrogen and oxygen atoms in total. The first kappa shape index (κ1) is 21.8. The molecule has 0 atom stereocenters. The fourth-order valence-electron chi connectivity index (χ4n) is 4.59. The molecule has 3 aromatic rings. The summed E-state index contributed by atoms with van der Waals surface area (Å²) in [5.74, 6) is 0.0915. The molecular weight excluding hydrogens is 426 g/mol. The van der Waals surface area contributed by atoms with Crippen molar-refractivity contribution in [2.45, 2.75) is 37.5 Å². The molecule has 0 N–H and O–H groups in total. The first-order valence-electron chi connectivity index (χ1n) is 11.5. The van der Waals surface area contributed by atoms with Crippen LogP contribution in [0.4, 0.5) is 11.4 Å². The average molecular weight is 456 g/mol. The standard InChI is InChI=1S/C28H29N3OS/c1-18-6-9-26-23(15-18)21(4)29-24-17-22(8-10-27(24)33-26)28(32)31-13-11-30(12-14-31)25-16-19(2)5-7-20(25)3/h5-10,15-17H,11-14H2,1-4H3. The highest BCUT2D eigenvalue weighted by atomic mass is 32.2. The lowest BCUT2D eigenvalue weighted by atomic mass is 10.1. The molecule has 0 aromatic heterocycles. The Morgan fingerprint density at radius 3 is 2.30 bits per heavy atom. The number of piperazine rings is 1. The minimum atomic E-state index is 0.0915. The van der Waals surface area contributed by atoms with Crippen LogP contribution in [-0.2, 0) is 0 Å². The molecule has 1 fully saturated rings. The van der Waals surface area contributed by atoms with Crippen LogP contribution in [-0.4, -0.2) is 42.7 Å². The van der Waals surface area contributed by atoms with Gasteiger partial charge in [0, 0.05) is 58.5 Å². The van der Waals surface area contributed by atoms with Gasteiger partial charge in [0.15, 0.2) is 0 Å². The fourth-order valence-corrected chi connectivity index (χ4v) is 5.63. The Morgan fingerprint density at radius 2 is 1.52 bits per heavy atom. The van der Waals surface area contributed by atoms with Crippen LogP contribution in [0, 0.1) is 20.8 Å². The number of aryl methyl sites for hydroxylation is 3. The van der Waals surface area contributed by atoms with Crippen LogP contribution in [0.5, 0.6) is 0 Å². The SMILES string of the molecule is CC1=Nc2cc(C(=O)N3CCN(c4cc(C)ccc4C)CC3)ccc2Sc2ccc(C)cc21. The summed E-state index contributed by atoms with van der Waals surface area (Å²) in [5.41, 5.74) is 8.82. The maximum Gasteiger partial charge on any atom is 0.254 e. The predicted molar refractivity (Wildman–Crippen MR) is 138 cm³/mol. The van der Waals surface area contributed by atoms with Crippen molar-refractivity contribution in [3.8, 4) is 0 Å². The van der Waals surface area contributed by atoms with Crippen LogP contribution in [0.1, 0.15) is 39.5 Å². The second-order valence-electron chi connectivity index (χ2n) is 9.05. The number of hydrogen-bond donors (Lipinski definition) is 0. The third kappa shape index (κ3) is 4.30. The summed E-state index contributed by atoms with van der Waals surface area (Å²) in [6.07, 6.45) is 0. The van der Waals surface area contributed by atoms with E-state index in [1.165, 1.54) is 32.8 Å². The van der Waals surface area contributed by atoms with Crippen molar-refractivity contribution >= 4 is 34.8 Å². The Hall–Kier alpha value is -3.05. The largest absolute Gasteiger partial charge is 0.368 e. The average Bonchev–Trinajstić information content (AvgIpc) is 2.95. The highest BCUT2D eigenvalue weighted by Crippen LogP contribution is 2.41. The van der Waals surface area contributed by atoms with Crippen molar-refractivity contribution in [2.24, 2.45) is 4.99 Å². The van der Waals surface area contributed by atoms with Crippen LogP contribution in [0.3, 0.4) is 0 Å². The number of carbonyl (C=O) groups excluding carboxylic acids is 1. The number of aliphatic imine (C=N–C) groups is 1. The highest BCUT2D eigenvalue weighted by molar-refractivity contribution is 7.99. The Kier molecular flexibility index (Phi) is 5.75. The molecule has 2 aliphatic heterocycles. The van der Waals surface area contributed by atoms with Crippen LogP contribution < -0.4 is 4.90 Å². The lowest BCUT2D eigenvalue weighted by Crippen LogP contribution is -2.49. The van der Waals surface area contributed by atoms with E-state index in [2.05, 4.69) is 69.0 Å². The van der Waals surface area contributed by atoms with Crippen LogP contribution in [0.15, 0.2) is 69.4 Å². The second kappa shape index (κ2) is 8.71. The van der Waals surface area contributed by atoms with Gasteiger partial charge in [0.25, 0.3) is 5.91 Å². The van der Waals surface area contributed by atoms with E-state index in [1.807, 2.05) is 23.1 Å². The lowest BCUT2D eigenvalue weighted by molar-refractivity contribution is 0.0746. The van der Waals surface area contributed by atoms with Gasteiger partial charge in [-0.15, -0.1) is 0 Å². The van der Waals surface area contributed by atoms with Gasteiger partial charge in [-0.1, -0.05) is 35.5 Å². The molecule has 0 unspecified atom stereocenters. The zero-order chi connectivity index (χ0) is 23.1. The van der Waals surface area contributed by atoms with Crippen molar-refractivity contribution in [2.75, 3.05) is 31.1 Å². The van der Waals surface area contributed by atoms with E-state index in [1.54, 1.807) is 11.8 Å². The number of rotatable bonds is 2. The van der Waals surface area contributed by atoms with Crippen LogP contribution >= 0.6 is 11.8 Å². The summed E-state index contributed by atoms with van der Waals surface area (Å²) in [7, 11) is 0. The molecule has 3 aromatic carbocycles. The molecule has 5 rings (SSSR count). The van der Waals surface area contributed by atoms with E-state index in [-0.39, 0.29) is 5.91 Å². The van der Waals surface area contributed by atoms with Crippen molar-refractivity contribution in [1.29, 1.82) is 0 Å². The Bertz CT molecular complexity index is 1270. The number of nitrogens with zero attached hydrogens (tertiary/aromatic N) is 3. The first-order valence-corrected chi connectivity index (χ1v) is 12.3. The molecule has 0 aliphatic carbocycles. The number of carbonyl (C=O) groups is 1. The van der Waals surface area contributed by atoms with E-state index >= 15 is 0 Å². The van der Waals surface area contributed by atoms with Crippen molar-refractivity contribution in [3.63, 3.8) is 0 Å². The summed E-state index contributed by atoms with van der Waals surface area (Å²) >= 11 is 1.73. The minimum Gasteiger partial charge on any atom is -0.368 e. The summed E-state index contributed by atoms with van der Waals surface area (Å²) < 4.78 is 0. The van der Waals surface area contributed by atoms with Gasteiger partial charge < -0.3 is 9.80 Å². The molecule has 168 valence electrons. The minimum absolute atomic E-state index is 0.0915.